The van der Waals surface area contributed by atoms with E-state index in [4.69, 9.17) is 0 Å². The average molecular weight is 519 g/mol. The first-order chi connectivity index (χ1) is 17.0. The second-order valence-corrected chi connectivity index (χ2v) is 12.6. The Balaban J connectivity index is 1.60. The van der Waals surface area contributed by atoms with Gasteiger partial charge < -0.3 is 15.1 Å². The Morgan fingerprint density at radius 1 is 1.28 bits per heavy atom. The first-order valence-electron chi connectivity index (χ1n) is 12.6. The van der Waals surface area contributed by atoms with Crippen molar-refractivity contribution in [2.24, 2.45) is 0 Å². The minimum Gasteiger partial charge on any atom is -0.368 e. The molecular weight excluding hydrogens is 483 g/mol. The van der Waals surface area contributed by atoms with E-state index in [1.165, 1.54) is 11.0 Å². The van der Waals surface area contributed by atoms with Crippen LogP contribution in [0.2, 0.25) is 0 Å². The lowest BCUT2D eigenvalue weighted by atomic mass is 10.1. The molecule has 0 spiro atoms. The molecule has 4 atom stereocenters. The molecule has 11 heteroatoms. The van der Waals surface area contributed by atoms with Gasteiger partial charge in [-0.05, 0) is 58.2 Å². The lowest BCUT2D eigenvalue weighted by Crippen LogP contribution is -2.54. The molecule has 2 aromatic rings. The summed E-state index contributed by atoms with van der Waals surface area (Å²) in [6, 6.07) is 3.06. The van der Waals surface area contributed by atoms with Gasteiger partial charge in [0.25, 0.3) is 0 Å². The van der Waals surface area contributed by atoms with Gasteiger partial charge in [-0.2, -0.15) is 5.10 Å². The third kappa shape index (κ3) is 4.64. The summed E-state index contributed by atoms with van der Waals surface area (Å²) < 4.78 is 45.3. The van der Waals surface area contributed by atoms with E-state index in [1.54, 1.807) is 23.0 Å². The zero-order chi connectivity index (χ0) is 25.8. The number of rotatable bonds is 7. The Kier molecular flexibility index (Phi) is 6.37. The van der Waals surface area contributed by atoms with Gasteiger partial charge in [0.15, 0.2) is 0 Å². The number of nitrogens with one attached hydrogen (secondary N) is 2. The summed E-state index contributed by atoms with van der Waals surface area (Å²) in [4.78, 5) is 16.2. The molecule has 196 valence electrons. The number of piperazine rings is 1. The Morgan fingerprint density at radius 3 is 2.58 bits per heavy atom. The third-order valence-corrected chi connectivity index (χ3v) is 9.25. The van der Waals surface area contributed by atoms with Gasteiger partial charge in [-0.1, -0.05) is 6.58 Å². The summed E-state index contributed by atoms with van der Waals surface area (Å²) in [7, 11) is -3.77. The predicted octanol–water partition coefficient (Wildman–Crippen LogP) is 2.35. The van der Waals surface area contributed by atoms with Gasteiger partial charge in [-0.15, -0.1) is 0 Å². The molecule has 2 saturated heterocycles. The fraction of sp³-hybridized carbons (Fsp3) is 0.600. The summed E-state index contributed by atoms with van der Waals surface area (Å²) in [5, 5.41) is 9.01. The van der Waals surface area contributed by atoms with Gasteiger partial charge in [0.1, 0.15) is 6.67 Å². The molecular formula is C25H35FN6O3S. The van der Waals surface area contributed by atoms with Crippen LogP contribution in [0.4, 0.5) is 10.1 Å². The highest BCUT2D eigenvalue weighted by molar-refractivity contribution is 7.89. The molecule has 1 aromatic heterocycles. The van der Waals surface area contributed by atoms with E-state index >= 15 is 0 Å². The van der Waals surface area contributed by atoms with Crippen molar-refractivity contribution in [2.75, 3.05) is 31.2 Å². The van der Waals surface area contributed by atoms with Gasteiger partial charge in [-0.25, -0.2) is 17.5 Å². The lowest BCUT2D eigenvalue weighted by molar-refractivity contribution is -0.127. The Morgan fingerprint density at radius 2 is 1.97 bits per heavy atom. The van der Waals surface area contributed by atoms with Crippen molar-refractivity contribution in [3.05, 3.63) is 31.0 Å². The fourth-order valence-electron chi connectivity index (χ4n) is 5.61. The van der Waals surface area contributed by atoms with Crippen LogP contribution in [0, 0.1) is 0 Å². The quantitative estimate of drug-likeness (QED) is 0.546. The summed E-state index contributed by atoms with van der Waals surface area (Å²) in [5.74, 6) is -0.314. The van der Waals surface area contributed by atoms with Crippen LogP contribution >= 0.6 is 0 Å². The van der Waals surface area contributed by atoms with E-state index < -0.39 is 28.3 Å². The van der Waals surface area contributed by atoms with Crippen LogP contribution in [0.15, 0.2) is 35.9 Å². The normalized spacial score (nSPS) is 28.0. The van der Waals surface area contributed by atoms with Crippen molar-refractivity contribution in [1.82, 2.24) is 24.7 Å². The summed E-state index contributed by atoms with van der Waals surface area (Å²) in [5.41, 5.74) is 1.08. The average Bonchev–Trinajstić information content (AvgIpc) is 3.22. The van der Waals surface area contributed by atoms with E-state index in [0.29, 0.717) is 18.5 Å². The molecule has 2 aliphatic heterocycles. The van der Waals surface area contributed by atoms with Crippen LogP contribution in [-0.4, -0.2) is 79.0 Å². The molecule has 1 saturated carbocycles. The van der Waals surface area contributed by atoms with Crippen molar-refractivity contribution >= 4 is 32.5 Å². The number of likely N-dealkylation sites (tertiary alicyclic amines) is 1. The Bertz CT molecular complexity index is 1280. The highest BCUT2D eigenvalue weighted by atomic mass is 32.2. The monoisotopic (exact) mass is 518 g/mol. The molecule has 3 fully saturated rings. The van der Waals surface area contributed by atoms with Gasteiger partial charge in [0.2, 0.25) is 15.9 Å². The number of fused-ring (bicyclic) bond motifs is 1. The standard InChI is InChI=1S/C25H35FN6O3S/c1-5-24(33)31-15-19(8-18(31)11-26)32-23-10-20(36(34,35)29-25(4)6-7-25)9-22(21(23)12-27-32)30-13-16(2)28-17(3)14-30/h5,9-10,12,16-19,28-29H,1,6-8,11,13-15H2,2-4H3/t16-,17-,18-,19+/m0/s1. The number of amides is 1. The van der Waals surface area contributed by atoms with E-state index in [1.807, 2.05) is 6.92 Å². The van der Waals surface area contributed by atoms with Crippen LogP contribution < -0.4 is 14.9 Å². The molecule has 5 rings (SSSR count). The topological polar surface area (TPSA) is 99.6 Å². The smallest absolute Gasteiger partial charge is 0.246 e. The fourth-order valence-corrected chi connectivity index (χ4v) is 7.11. The number of benzene rings is 1. The van der Waals surface area contributed by atoms with Gasteiger partial charge in [0, 0.05) is 48.3 Å². The van der Waals surface area contributed by atoms with E-state index in [0.717, 1.165) is 37.0 Å². The van der Waals surface area contributed by atoms with Crippen LogP contribution in [0.25, 0.3) is 10.9 Å². The summed E-state index contributed by atoms with van der Waals surface area (Å²) in [6.07, 6.45) is 4.98. The molecule has 0 radical (unpaired) electrons. The largest absolute Gasteiger partial charge is 0.368 e. The number of halogens is 1. The second-order valence-electron chi connectivity index (χ2n) is 10.9. The second kappa shape index (κ2) is 9.11. The number of anilines is 1. The molecule has 3 aliphatic rings. The van der Waals surface area contributed by atoms with Gasteiger partial charge in [0.05, 0.1) is 28.7 Å². The maximum absolute atomic E-state index is 13.8. The SMILES string of the molecule is C=CC(=O)N1C[C@H](n2ncc3c(N4C[C@H](C)N[C@@H](C)C4)cc(S(=O)(=O)NC4(C)CC4)cc32)C[C@H]1CF. The lowest BCUT2D eigenvalue weighted by Gasteiger charge is -2.38. The van der Waals surface area contributed by atoms with Crippen molar-refractivity contribution < 1.29 is 17.6 Å². The maximum Gasteiger partial charge on any atom is 0.246 e. The Labute approximate surface area is 211 Å². The number of carbonyl (C=O) groups is 1. The number of carbonyl (C=O) groups excluding carboxylic acids is 1. The number of hydrogen-bond donors (Lipinski definition) is 2. The molecule has 3 heterocycles. The van der Waals surface area contributed by atoms with Crippen molar-refractivity contribution in [1.29, 1.82) is 0 Å². The van der Waals surface area contributed by atoms with Crippen LogP contribution in [0.3, 0.4) is 0 Å². The number of alkyl halides is 1. The maximum atomic E-state index is 13.8. The van der Waals surface area contributed by atoms with Crippen LogP contribution in [0.1, 0.15) is 46.1 Å². The molecule has 0 unspecified atom stereocenters. The number of sulfonamides is 1. The van der Waals surface area contributed by atoms with Crippen LogP contribution in [-0.2, 0) is 14.8 Å². The Hall–Kier alpha value is -2.50. The summed E-state index contributed by atoms with van der Waals surface area (Å²) in [6.45, 7) is 10.8. The third-order valence-electron chi connectivity index (χ3n) is 7.63. The molecule has 0 bridgehead atoms. The number of hydrogen-bond acceptors (Lipinski definition) is 6. The van der Waals surface area contributed by atoms with Gasteiger partial charge in [-0.3, -0.25) is 9.48 Å². The highest BCUT2D eigenvalue weighted by Crippen LogP contribution is 2.39. The molecule has 1 aliphatic carbocycles. The highest BCUT2D eigenvalue weighted by Gasteiger charge is 2.42. The van der Waals surface area contributed by atoms with E-state index in [-0.39, 0.29) is 28.9 Å². The van der Waals surface area contributed by atoms with Crippen molar-refractivity contribution in [3.63, 3.8) is 0 Å². The molecule has 1 aromatic carbocycles. The minimum absolute atomic E-state index is 0.192. The molecule has 9 nitrogen and oxygen atoms in total. The van der Waals surface area contributed by atoms with Crippen molar-refractivity contribution in [2.45, 2.75) is 74.6 Å². The van der Waals surface area contributed by atoms with Crippen molar-refractivity contribution in [3.8, 4) is 0 Å². The minimum atomic E-state index is -3.77. The number of aromatic nitrogens is 2. The van der Waals surface area contributed by atoms with Crippen LogP contribution in [0.5, 0.6) is 0 Å². The molecule has 36 heavy (non-hydrogen) atoms. The first kappa shape index (κ1) is 25.2. The van der Waals surface area contributed by atoms with Gasteiger partial charge >= 0.3 is 0 Å². The van der Waals surface area contributed by atoms with E-state index in [9.17, 15) is 17.6 Å². The predicted molar refractivity (Wildman–Crippen MR) is 137 cm³/mol. The number of nitrogens with zero attached hydrogens (tertiary/aromatic N) is 4. The first-order valence-corrected chi connectivity index (χ1v) is 14.1. The molecule has 1 amide bonds. The zero-order valence-corrected chi connectivity index (χ0v) is 21.9. The summed E-state index contributed by atoms with van der Waals surface area (Å²) >= 11 is 0. The zero-order valence-electron chi connectivity index (χ0n) is 21.1. The molecule has 2 N–H and O–H groups in total. The van der Waals surface area contributed by atoms with E-state index in [2.05, 4.69) is 40.5 Å².